The fraction of sp³-hybridized carbons (Fsp3) is 0.176. The molecule has 0 fully saturated rings. The van der Waals surface area contributed by atoms with E-state index in [0.29, 0.717) is 22.1 Å². The predicted molar refractivity (Wildman–Crippen MR) is 90.3 cm³/mol. The lowest BCUT2D eigenvalue weighted by atomic mass is 10.2. The van der Waals surface area contributed by atoms with E-state index in [4.69, 9.17) is 21.1 Å². The summed E-state index contributed by atoms with van der Waals surface area (Å²) >= 11 is 5.75. The van der Waals surface area contributed by atoms with Gasteiger partial charge in [-0.25, -0.2) is 0 Å². The molecule has 2 amide bonds. The maximum absolute atomic E-state index is 11.8. The van der Waals surface area contributed by atoms with Gasteiger partial charge >= 0.3 is 0 Å². The first-order valence-corrected chi connectivity index (χ1v) is 7.49. The van der Waals surface area contributed by atoms with Crippen LogP contribution in [0, 0.1) is 6.92 Å². The van der Waals surface area contributed by atoms with Gasteiger partial charge in [-0.1, -0.05) is 17.7 Å². The summed E-state index contributed by atoms with van der Waals surface area (Å²) in [5, 5.41) is 0.524. The van der Waals surface area contributed by atoms with Crippen LogP contribution in [0.4, 0.5) is 0 Å². The van der Waals surface area contributed by atoms with Gasteiger partial charge in [-0.15, -0.1) is 0 Å². The molecule has 0 bridgehead atoms. The minimum Gasteiger partial charge on any atom is -0.493 e. The van der Waals surface area contributed by atoms with Crippen molar-refractivity contribution in [1.82, 2.24) is 10.9 Å². The fourth-order valence-electron chi connectivity index (χ4n) is 1.87. The summed E-state index contributed by atoms with van der Waals surface area (Å²) in [4.78, 5) is 23.6. The Morgan fingerprint density at radius 3 is 2.42 bits per heavy atom. The van der Waals surface area contributed by atoms with E-state index in [-0.39, 0.29) is 6.61 Å². The number of hydrogen-bond donors (Lipinski definition) is 2. The van der Waals surface area contributed by atoms with E-state index in [0.717, 1.165) is 5.56 Å². The second-order valence-corrected chi connectivity index (χ2v) is 5.39. The molecule has 2 aromatic carbocycles. The summed E-state index contributed by atoms with van der Waals surface area (Å²) in [6, 6.07) is 11.6. The lowest BCUT2D eigenvalue weighted by molar-refractivity contribution is -0.123. The highest BCUT2D eigenvalue weighted by molar-refractivity contribution is 6.30. The zero-order chi connectivity index (χ0) is 17.5. The third-order valence-corrected chi connectivity index (χ3v) is 3.35. The van der Waals surface area contributed by atoms with Crippen molar-refractivity contribution in [3.05, 3.63) is 58.6 Å². The molecule has 0 saturated heterocycles. The van der Waals surface area contributed by atoms with Crippen LogP contribution in [-0.4, -0.2) is 25.5 Å². The van der Waals surface area contributed by atoms with Crippen LogP contribution >= 0.6 is 11.6 Å². The minimum atomic E-state index is -0.500. The van der Waals surface area contributed by atoms with E-state index in [1.54, 1.807) is 36.4 Å². The van der Waals surface area contributed by atoms with Crippen LogP contribution in [0.3, 0.4) is 0 Å². The van der Waals surface area contributed by atoms with Gasteiger partial charge in [0.2, 0.25) is 0 Å². The average Bonchev–Trinajstić information content (AvgIpc) is 2.59. The van der Waals surface area contributed by atoms with Crippen LogP contribution < -0.4 is 20.3 Å². The molecule has 0 aliphatic rings. The van der Waals surface area contributed by atoms with Gasteiger partial charge in [0.15, 0.2) is 18.1 Å². The Labute approximate surface area is 144 Å². The number of hydrogen-bond acceptors (Lipinski definition) is 4. The second-order valence-electron chi connectivity index (χ2n) is 4.95. The SMILES string of the molecule is COc1cc(C)ccc1OCC(=O)NNC(=O)c1ccc(Cl)cc1. The van der Waals surface area contributed by atoms with Crippen LogP contribution in [0.2, 0.25) is 5.02 Å². The number of carbonyl (C=O) groups excluding carboxylic acids is 2. The van der Waals surface area contributed by atoms with Crippen molar-refractivity contribution >= 4 is 23.4 Å². The van der Waals surface area contributed by atoms with Crippen LogP contribution in [0.5, 0.6) is 11.5 Å². The minimum absolute atomic E-state index is 0.264. The van der Waals surface area contributed by atoms with E-state index in [1.807, 2.05) is 13.0 Å². The maximum atomic E-state index is 11.8. The molecular weight excluding hydrogens is 332 g/mol. The maximum Gasteiger partial charge on any atom is 0.276 e. The topological polar surface area (TPSA) is 76.7 Å². The van der Waals surface area contributed by atoms with E-state index < -0.39 is 11.8 Å². The standard InChI is InChI=1S/C17H17ClN2O4/c1-11-3-8-14(15(9-11)23-2)24-10-16(21)19-20-17(22)12-4-6-13(18)7-5-12/h3-9H,10H2,1-2H3,(H,19,21)(H,20,22). The van der Waals surface area contributed by atoms with Gasteiger partial charge in [0.05, 0.1) is 7.11 Å². The monoisotopic (exact) mass is 348 g/mol. The van der Waals surface area contributed by atoms with Crippen LogP contribution in [0.25, 0.3) is 0 Å². The Bertz CT molecular complexity index is 732. The molecule has 0 unspecified atom stereocenters. The molecule has 0 heterocycles. The zero-order valence-electron chi connectivity index (χ0n) is 13.3. The van der Waals surface area contributed by atoms with E-state index in [1.165, 1.54) is 7.11 Å². The van der Waals surface area contributed by atoms with Crippen LogP contribution in [0.1, 0.15) is 15.9 Å². The summed E-state index contributed by atoms with van der Waals surface area (Å²) < 4.78 is 10.6. The largest absolute Gasteiger partial charge is 0.493 e. The summed E-state index contributed by atoms with van der Waals surface area (Å²) in [6.07, 6.45) is 0. The first-order valence-electron chi connectivity index (χ1n) is 7.12. The molecule has 2 rings (SSSR count). The van der Waals surface area contributed by atoms with E-state index in [2.05, 4.69) is 10.9 Å². The molecule has 0 radical (unpaired) electrons. The first kappa shape index (κ1) is 17.6. The van der Waals surface area contributed by atoms with Crippen molar-refractivity contribution in [2.24, 2.45) is 0 Å². The number of amides is 2. The van der Waals surface area contributed by atoms with Crippen molar-refractivity contribution in [1.29, 1.82) is 0 Å². The van der Waals surface area contributed by atoms with Crippen molar-refractivity contribution in [3.63, 3.8) is 0 Å². The average molecular weight is 349 g/mol. The van der Waals surface area contributed by atoms with Crippen molar-refractivity contribution in [2.75, 3.05) is 13.7 Å². The molecule has 0 aliphatic heterocycles. The van der Waals surface area contributed by atoms with Crippen molar-refractivity contribution < 1.29 is 19.1 Å². The highest BCUT2D eigenvalue weighted by atomic mass is 35.5. The lowest BCUT2D eigenvalue weighted by Gasteiger charge is -2.12. The Morgan fingerprint density at radius 1 is 1.04 bits per heavy atom. The summed E-state index contributed by atoms with van der Waals surface area (Å²) in [6.45, 7) is 1.66. The van der Waals surface area contributed by atoms with E-state index >= 15 is 0 Å². The fourth-order valence-corrected chi connectivity index (χ4v) is 2.00. The third kappa shape index (κ3) is 4.89. The molecule has 24 heavy (non-hydrogen) atoms. The molecule has 6 nitrogen and oxygen atoms in total. The van der Waals surface area contributed by atoms with Crippen molar-refractivity contribution in [2.45, 2.75) is 6.92 Å². The van der Waals surface area contributed by atoms with Gasteiger partial charge in [-0.3, -0.25) is 20.4 Å². The molecule has 0 saturated carbocycles. The third-order valence-electron chi connectivity index (χ3n) is 3.10. The van der Waals surface area contributed by atoms with Gasteiger partial charge in [-0.2, -0.15) is 0 Å². The summed E-state index contributed by atoms with van der Waals surface area (Å²) in [7, 11) is 1.52. The highest BCUT2D eigenvalue weighted by Gasteiger charge is 2.10. The summed E-state index contributed by atoms with van der Waals surface area (Å²) in [5.41, 5.74) is 5.97. The first-order chi connectivity index (χ1) is 11.5. The number of carbonyl (C=O) groups is 2. The molecule has 0 atom stereocenters. The summed E-state index contributed by atoms with van der Waals surface area (Å²) in [5.74, 6) is 0.0307. The normalized spacial score (nSPS) is 9.96. The van der Waals surface area contributed by atoms with Gasteiger partial charge in [0.25, 0.3) is 11.8 Å². The molecule has 2 N–H and O–H groups in total. The van der Waals surface area contributed by atoms with Gasteiger partial charge < -0.3 is 9.47 Å². The number of nitrogens with one attached hydrogen (secondary N) is 2. The predicted octanol–water partition coefficient (Wildman–Crippen LogP) is 2.50. The Kier molecular flexibility index (Phi) is 6.03. The Hall–Kier alpha value is -2.73. The Morgan fingerprint density at radius 2 is 1.75 bits per heavy atom. The quantitative estimate of drug-likeness (QED) is 0.814. The number of rotatable bonds is 5. The number of aryl methyl sites for hydroxylation is 1. The lowest BCUT2D eigenvalue weighted by Crippen LogP contribution is -2.43. The molecule has 126 valence electrons. The number of ether oxygens (including phenoxy) is 2. The van der Waals surface area contributed by atoms with Crippen LogP contribution in [-0.2, 0) is 4.79 Å². The highest BCUT2D eigenvalue weighted by Crippen LogP contribution is 2.27. The van der Waals surface area contributed by atoms with Crippen LogP contribution in [0.15, 0.2) is 42.5 Å². The molecular formula is C17H17ClN2O4. The van der Waals surface area contributed by atoms with Gasteiger partial charge in [0.1, 0.15) is 0 Å². The molecule has 0 aliphatic carbocycles. The van der Waals surface area contributed by atoms with Gasteiger partial charge in [-0.05, 0) is 48.9 Å². The second kappa shape index (κ2) is 8.21. The molecule has 0 aromatic heterocycles. The van der Waals surface area contributed by atoms with E-state index in [9.17, 15) is 9.59 Å². The number of halogens is 1. The molecule has 2 aromatic rings. The number of methoxy groups -OCH3 is 1. The zero-order valence-corrected chi connectivity index (χ0v) is 14.0. The Balaban J connectivity index is 1.83. The van der Waals surface area contributed by atoms with Crippen molar-refractivity contribution in [3.8, 4) is 11.5 Å². The molecule has 0 spiro atoms. The molecule has 7 heteroatoms. The van der Waals surface area contributed by atoms with Gasteiger partial charge in [0, 0.05) is 10.6 Å². The number of hydrazine groups is 1. The smallest absolute Gasteiger partial charge is 0.276 e. The number of benzene rings is 2.